The van der Waals surface area contributed by atoms with Crippen LogP contribution in [0.2, 0.25) is 0 Å². The van der Waals surface area contributed by atoms with Gasteiger partial charge in [0.2, 0.25) is 0 Å². The summed E-state index contributed by atoms with van der Waals surface area (Å²) in [5.74, 6) is 0.800. The number of fused-ring (bicyclic) bond motifs is 2. The number of piperidine rings is 1. The Balaban J connectivity index is 1.59. The Morgan fingerprint density at radius 2 is 2.05 bits per heavy atom. The lowest BCUT2D eigenvalue weighted by Gasteiger charge is -2.36. The van der Waals surface area contributed by atoms with E-state index in [9.17, 15) is 5.11 Å². The van der Waals surface area contributed by atoms with Gasteiger partial charge in [0.1, 0.15) is 5.75 Å². The summed E-state index contributed by atoms with van der Waals surface area (Å²) in [6, 6.07) is 9.68. The van der Waals surface area contributed by atoms with E-state index in [0.717, 1.165) is 11.3 Å². The molecule has 4 nitrogen and oxygen atoms in total. The van der Waals surface area contributed by atoms with Gasteiger partial charge < -0.3 is 20.1 Å². The number of rotatable bonds is 5. The fraction of sp³-hybridized carbons (Fsp3) is 0.647. The second kappa shape index (κ2) is 6.34. The highest BCUT2D eigenvalue weighted by atomic mass is 16.5. The second-order valence-electron chi connectivity index (χ2n) is 6.50. The zero-order chi connectivity index (χ0) is 14.8. The molecule has 0 aromatic heterocycles. The molecule has 3 atom stereocenters. The molecule has 1 aromatic carbocycles. The predicted octanol–water partition coefficient (Wildman–Crippen LogP) is 1.94. The molecule has 2 N–H and O–H groups in total. The van der Waals surface area contributed by atoms with E-state index in [-0.39, 0.29) is 0 Å². The number of aliphatic hydroxyl groups is 1. The van der Waals surface area contributed by atoms with E-state index in [2.05, 4.69) is 17.3 Å². The van der Waals surface area contributed by atoms with Crippen molar-refractivity contribution >= 4 is 0 Å². The van der Waals surface area contributed by atoms with E-state index < -0.39 is 6.10 Å². The standard InChI is InChI=1S/C17H26N2O2/c1-19(15-9-13-6-7-14(10-15)18-13)11-17(20)12-4-3-5-16(8-12)21-2/h3-5,8,13-15,17-18,20H,6-7,9-11H2,1-2H3. The highest BCUT2D eigenvalue weighted by Gasteiger charge is 2.35. The van der Waals surface area contributed by atoms with Crippen molar-refractivity contribution in [3.63, 3.8) is 0 Å². The van der Waals surface area contributed by atoms with Gasteiger partial charge in [0.25, 0.3) is 0 Å². The van der Waals surface area contributed by atoms with Crippen molar-refractivity contribution in [2.24, 2.45) is 0 Å². The summed E-state index contributed by atoms with van der Waals surface area (Å²) in [7, 11) is 3.79. The van der Waals surface area contributed by atoms with E-state index in [1.165, 1.54) is 25.7 Å². The first-order valence-electron chi connectivity index (χ1n) is 7.94. The summed E-state index contributed by atoms with van der Waals surface area (Å²) >= 11 is 0. The van der Waals surface area contributed by atoms with Crippen LogP contribution in [-0.2, 0) is 0 Å². The van der Waals surface area contributed by atoms with Crippen molar-refractivity contribution in [3.8, 4) is 5.75 Å². The van der Waals surface area contributed by atoms with Crippen molar-refractivity contribution < 1.29 is 9.84 Å². The first-order valence-corrected chi connectivity index (χ1v) is 7.94. The molecule has 21 heavy (non-hydrogen) atoms. The molecule has 2 aliphatic heterocycles. The van der Waals surface area contributed by atoms with Crippen molar-refractivity contribution in [1.82, 2.24) is 10.2 Å². The molecule has 0 saturated carbocycles. The monoisotopic (exact) mass is 290 g/mol. The number of methoxy groups -OCH3 is 1. The van der Waals surface area contributed by atoms with Crippen LogP contribution in [0.15, 0.2) is 24.3 Å². The lowest BCUT2D eigenvalue weighted by molar-refractivity contribution is 0.0859. The molecule has 0 spiro atoms. The number of aliphatic hydroxyl groups excluding tert-OH is 1. The topological polar surface area (TPSA) is 44.7 Å². The normalized spacial score (nSPS) is 29.6. The van der Waals surface area contributed by atoms with Gasteiger partial charge in [0.15, 0.2) is 0 Å². The smallest absolute Gasteiger partial charge is 0.119 e. The molecule has 3 unspecified atom stereocenters. The zero-order valence-corrected chi connectivity index (χ0v) is 13.0. The lowest BCUT2D eigenvalue weighted by Crippen LogP contribution is -2.47. The largest absolute Gasteiger partial charge is 0.497 e. The predicted molar refractivity (Wildman–Crippen MR) is 83.6 cm³/mol. The van der Waals surface area contributed by atoms with Gasteiger partial charge in [-0.15, -0.1) is 0 Å². The van der Waals surface area contributed by atoms with Crippen LogP contribution in [0.3, 0.4) is 0 Å². The Morgan fingerprint density at radius 3 is 2.71 bits per heavy atom. The van der Waals surface area contributed by atoms with E-state index in [0.29, 0.717) is 24.7 Å². The molecule has 116 valence electrons. The number of nitrogens with one attached hydrogen (secondary N) is 1. The van der Waals surface area contributed by atoms with Gasteiger partial charge in [-0.2, -0.15) is 0 Å². The summed E-state index contributed by atoms with van der Waals surface area (Å²) in [6.45, 7) is 0.678. The van der Waals surface area contributed by atoms with Gasteiger partial charge in [0.05, 0.1) is 13.2 Å². The maximum Gasteiger partial charge on any atom is 0.119 e. The van der Waals surface area contributed by atoms with Crippen LogP contribution in [0.1, 0.15) is 37.4 Å². The first kappa shape index (κ1) is 14.8. The summed E-state index contributed by atoms with van der Waals surface area (Å²) < 4.78 is 5.23. The molecule has 2 heterocycles. The SMILES string of the molecule is COc1cccc(C(O)CN(C)C2CC3CCC(C2)N3)c1. The Morgan fingerprint density at radius 1 is 1.33 bits per heavy atom. The van der Waals surface area contributed by atoms with Gasteiger partial charge >= 0.3 is 0 Å². The summed E-state index contributed by atoms with van der Waals surface area (Å²) in [5, 5.41) is 14.1. The van der Waals surface area contributed by atoms with Gasteiger partial charge in [-0.3, -0.25) is 0 Å². The Hall–Kier alpha value is -1.10. The van der Waals surface area contributed by atoms with Gasteiger partial charge in [0, 0.05) is 24.7 Å². The second-order valence-corrected chi connectivity index (χ2v) is 6.50. The number of likely N-dealkylation sites (N-methyl/N-ethyl adjacent to an activating group) is 1. The van der Waals surface area contributed by atoms with Crippen LogP contribution in [0, 0.1) is 0 Å². The summed E-state index contributed by atoms with van der Waals surface area (Å²) in [4.78, 5) is 2.33. The molecule has 0 amide bonds. The van der Waals surface area contributed by atoms with Crippen LogP contribution in [0.25, 0.3) is 0 Å². The molecule has 2 bridgehead atoms. The van der Waals surface area contributed by atoms with Gasteiger partial charge in [-0.1, -0.05) is 12.1 Å². The van der Waals surface area contributed by atoms with E-state index in [1.54, 1.807) is 7.11 Å². The van der Waals surface area contributed by atoms with E-state index >= 15 is 0 Å². The minimum Gasteiger partial charge on any atom is -0.497 e. The number of hydrogen-bond donors (Lipinski definition) is 2. The van der Waals surface area contributed by atoms with Crippen LogP contribution >= 0.6 is 0 Å². The third kappa shape index (κ3) is 3.39. The first-order chi connectivity index (χ1) is 10.2. The van der Waals surface area contributed by atoms with Crippen molar-refractivity contribution in [3.05, 3.63) is 29.8 Å². The molecule has 3 rings (SSSR count). The Kier molecular flexibility index (Phi) is 4.48. The zero-order valence-electron chi connectivity index (χ0n) is 13.0. The maximum atomic E-state index is 10.5. The third-order valence-corrected chi connectivity index (χ3v) is 5.01. The van der Waals surface area contributed by atoms with E-state index in [4.69, 9.17) is 4.74 Å². The molecule has 1 aromatic rings. The number of nitrogens with zero attached hydrogens (tertiary/aromatic N) is 1. The average molecular weight is 290 g/mol. The number of benzene rings is 1. The molecular weight excluding hydrogens is 264 g/mol. The molecule has 2 aliphatic rings. The Bertz CT molecular complexity index is 468. The van der Waals surface area contributed by atoms with E-state index in [1.807, 2.05) is 24.3 Å². The number of hydrogen-bond acceptors (Lipinski definition) is 4. The van der Waals surface area contributed by atoms with Crippen LogP contribution in [0.5, 0.6) is 5.75 Å². The highest BCUT2D eigenvalue weighted by molar-refractivity contribution is 5.29. The highest BCUT2D eigenvalue weighted by Crippen LogP contribution is 2.30. The molecule has 4 heteroatoms. The molecule has 2 saturated heterocycles. The average Bonchev–Trinajstić information content (AvgIpc) is 2.85. The summed E-state index contributed by atoms with van der Waals surface area (Å²) in [6.07, 6.45) is 4.58. The van der Waals surface area contributed by atoms with Crippen LogP contribution < -0.4 is 10.1 Å². The molecule has 0 radical (unpaired) electrons. The lowest BCUT2D eigenvalue weighted by atomic mass is 9.98. The van der Waals surface area contributed by atoms with Crippen LogP contribution in [-0.4, -0.2) is 48.8 Å². The summed E-state index contributed by atoms with van der Waals surface area (Å²) in [5.41, 5.74) is 0.929. The third-order valence-electron chi connectivity index (χ3n) is 5.01. The Labute approximate surface area is 127 Å². The van der Waals surface area contributed by atoms with Crippen LogP contribution in [0.4, 0.5) is 0 Å². The minimum atomic E-state index is -0.461. The van der Waals surface area contributed by atoms with Gasteiger partial charge in [-0.25, -0.2) is 0 Å². The van der Waals surface area contributed by atoms with Gasteiger partial charge in [-0.05, 0) is 50.4 Å². The molecular formula is C17H26N2O2. The molecule has 2 fully saturated rings. The minimum absolute atomic E-state index is 0.461. The quantitative estimate of drug-likeness (QED) is 0.870. The fourth-order valence-electron chi connectivity index (χ4n) is 3.76. The number of ether oxygens (including phenoxy) is 1. The van der Waals surface area contributed by atoms with Crippen molar-refractivity contribution in [1.29, 1.82) is 0 Å². The van der Waals surface area contributed by atoms with Crippen molar-refractivity contribution in [2.45, 2.75) is 49.9 Å². The molecule has 0 aliphatic carbocycles. The fourth-order valence-corrected chi connectivity index (χ4v) is 3.76. The maximum absolute atomic E-state index is 10.5. The van der Waals surface area contributed by atoms with Crippen molar-refractivity contribution in [2.75, 3.05) is 20.7 Å².